The van der Waals surface area contributed by atoms with E-state index in [9.17, 15) is 9.90 Å². The first-order valence-electron chi connectivity index (χ1n) is 9.31. The van der Waals surface area contributed by atoms with Crippen molar-refractivity contribution in [1.29, 1.82) is 0 Å². The minimum Gasteiger partial charge on any atom is -0.494 e. The lowest BCUT2D eigenvalue weighted by molar-refractivity contribution is -0.151. The Morgan fingerprint density at radius 3 is 2.52 bits per heavy atom. The molecule has 1 unspecified atom stereocenters. The number of aliphatic hydroxyl groups is 1. The summed E-state index contributed by atoms with van der Waals surface area (Å²) in [6, 6.07) is 17.6. The summed E-state index contributed by atoms with van der Waals surface area (Å²) < 4.78 is 12.5. The molecule has 1 aromatic heterocycles. The molecule has 1 atom stereocenters. The number of hydrogen-bond acceptors (Lipinski definition) is 7. The van der Waals surface area contributed by atoms with Gasteiger partial charge in [0.1, 0.15) is 18.5 Å². The summed E-state index contributed by atoms with van der Waals surface area (Å²) in [6.07, 6.45) is -1.13. The Morgan fingerprint density at radius 2 is 1.86 bits per heavy atom. The number of nitrogens with zero attached hydrogens (tertiary/aromatic N) is 3. The third-order valence-electron chi connectivity index (χ3n) is 3.97. The van der Waals surface area contributed by atoms with Gasteiger partial charge in [-0.05, 0) is 38.1 Å². The van der Waals surface area contributed by atoms with E-state index in [1.54, 1.807) is 0 Å². The first kappa shape index (κ1) is 20.9. The number of ether oxygens (including phenoxy) is 2. The second-order valence-electron chi connectivity index (χ2n) is 6.13. The summed E-state index contributed by atoms with van der Waals surface area (Å²) in [4.78, 5) is 11.4. The molecule has 3 aromatic rings. The van der Waals surface area contributed by atoms with Gasteiger partial charge in [-0.15, -0.1) is 10.2 Å². The Hall–Kier alpha value is -2.84. The van der Waals surface area contributed by atoms with Crippen LogP contribution in [0.2, 0.25) is 0 Å². The molecule has 0 bridgehead atoms. The molecule has 0 radical (unpaired) electrons. The van der Waals surface area contributed by atoms with Gasteiger partial charge in [-0.2, -0.15) is 0 Å². The highest BCUT2D eigenvalue weighted by Crippen LogP contribution is 2.28. The van der Waals surface area contributed by atoms with Crippen LogP contribution in [0.1, 0.15) is 13.8 Å². The van der Waals surface area contributed by atoms with E-state index in [4.69, 9.17) is 9.47 Å². The van der Waals surface area contributed by atoms with Crippen LogP contribution in [0.4, 0.5) is 0 Å². The molecule has 7 nitrogen and oxygen atoms in total. The molecule has 1 heterocycles. The SMILES string of the molecule is CCOc1ccc(-n2c(SCCOC(=O)C(C)O)nnc2-c2ccccc2)cc1. The topological polar surface area (TPSA) is 86.5 Å². The summed E-state index contributed by atoms with van der Waals surface area (Å²) in [5, 5.41) is 18.6. The van der Waals surface area contributed by atoms with Gasteiger partial charge in [0, 0.05) is 17.0 Å². The Balaban J connectivity index is 1.84. The van der Waals surface area contributed by atoms with Gasteiger partial charge >= 0.3 is 5.97 Å². The fourth-order valence-electron chi connectivity index (χ4n) is 2.62. The number of aliphatic hydroxyl groups excluding tert-OH is 1. The molecule has 0 aliphatic heterocycles. The molecule has 0 aliphatic rings. The molecule has 8 heteroatoms. The minimum absolute atomic E-state index is 0.172. The maximum atomic E-state index is 11.4. The average Bonchev–Trinajstić information content (AvgIpc) is 3.16. The van der Waals surface area contributed by atoms with Gasteiger partial charge in [-0.1, -0.05) is 42.1 Å². The van der Waals surface area contributed by atoms with Crippen molar-refractivity contribution in [3.05, 3.63) is 54.6 Å². The van der Waals surface area contributed by atoms with Crippen molar-refractivity contribution in [3.8, 4) is 22.8 Å². The zero-order valence-corrected chi connectivity index (χ0v) is 17.1. The molecule has 0 saturated heterocycles. The largest absolute Gasteiger partial charge is 0.494 e. The third-order valence-corrected chi connectivity index (χ3v) is 4.86. The molecule has 0 spiro atoms. The van der Waals surface area contributed by atoms with Crippen molar-refractivity contribution in [2.45, 2.75) is 25.1 Å². The monoisotopic (exact) mass is 413 g/mol. The quantitative estimate of drug-likeness (QED) is 0.327. The smallest absolute Gasteiger partial charge is 0.334 e. The molecule has 0 fully saturated rings. The van der Waals surface area contributed by atoms with E-state index in [2.05, 4.69) is 10.2 Å². The number of carbonyl (C=O) groups excluding carboxylic acids is 1. The number of hydrogen-bond donors (Lipinski definition) is 1. The van der Waals surface area contributed by atoms with Gasteiger partial charge in [0.2, 0.25) is 0 Å². The highest BCUT2D eigenvalue weighted by molar-refractivity contribution is 7.99. The molecule has 0 aliphatic carbocycles. The van der Waals surface area contributed by atoms with Crippen molar-refractivity contribution < 1.29 is 19.4 Å². The van der Waals surface area contributed by atoms with Crippen LogP contribution in [0.15, 0.2) is 59.8 Å². The molecule has 29 heavy (non-hydrogen) atoms. The van der Waals surface area contributed by atoms with Crippen molar-refractivity contribution in [3.63, 3.8) is 0 Å². The fraction of sp³-hybridized carbons (Fsp3) is 0.286. The van der Waals surface area contributed by atoms with Crippen molar-refractivity contribution in [2.75, 3.05) is 19.0 Å². The lowest BCUT2D eigenvalue weighted by Crippen LogP contribution is -2.20. The van der Waals surface area contributed by atoms with Crippen LogP contribution >= 0.6 is 11.8 Å². The Labute approximate surface area is 173 Å². The predicted octanol–water partition coefficient (Wildman–Crippen LogP) is 3.35. The zero-order chi connectivity index (χ0) is 20.6. The van der Waals surface area contributed by atoms with E-state index in [0.717, 1.165) is 22.8 Å². The second kappa shape index (κ2) is 10.1. The molecule has 3 rings (SSSR count). The van der Waals surface area contributed by atoms with Crippen LogP contribution < -0.4 is 4.74 Å². The Kier molecular flexibility index (Phi) is 7.26. The molecule has 0 saturated carbocycles. The Morgan fingerprint density at radius 1 is 1.14 bits per heavy atom. The van der Waals surface area contributed by atoms with Crippen molar-refractivity contribution in [1.82, 2.24) is 14.8 Å². The average molecular weight is 413 g/mol. The van der Waals surface area contributed by atoms with E-state index in [0.29, 0.717) is 17.5 Å². The van der Waals surface area contributed by atoms with Gasteiger partial charge in [-0.3, -0.25) is 4.57 Å². The molecule has 152 valence electrons. The number of rotatable bonds is 9. The zero-order valence-electron chi connectivity index (χ0n) is 16.3. The minimum atomic E-state index is -1.13. The maximum absolute atomic E-state index is 11.4. The van der Waals surface area contributed by atoms with Gasteiger partial charge in [0.05, 0.1) is 6.61 Å². The highest BCUT2D eigenvalue weighted by atomic mass is 32.2. The third kappa shape index (κ3) is 5.36. The summed E-state index contributed by atoms with van der Waals surface area (Å²) in [5.74, 6) is 1.37. The summed E-state index contributed by atoms with van der Waals surface area (Å²) in [5.41, 5.74) is 1.85. The number of carbonyl (C=O) groups is 1. The van der Waals surface area contributed by atoms with Gasteiger partial charge in [0.25, 0.3) is 0 Å². The standard InChI is InChI=1S/C21H23N3O4S/c1-3-27-18-11-9-17(10-12-18)24-19(16-7-5-4-6-8-16)22-23-21(24)29-14-13-28-20(26)15(2)25/h4-12,15,25H,3,13-14H2,1-2H3. The molecule has 2 aromatic carbocycles. The molecular weight excluding hydrogens is 390 g/mol. The second-order valence-corrected chi connectivity index (χ2v) is 7.19. The molecule has 0 amide bonds. The summed E-state index contributed by atoms with van der Waals surface area (Å²) >= 11 is 1.42. The van der Waals surface area contributed by atoms with Gasteiger partial charge < -0.3 is 14.6 Å². The van der Waals surface area contributed by atoms with Crippen LogP contribution in [0.25, 0.3) is 17.1 Å². The normalized spacial score (nSPS) is 11.8. The van der Waals surface area contributed by atoms with E-state index >= 15 is 0 Å². The molecular formula is C21H23N3O4S. The van der Waals surface area contributed by atoms with Gasteiger partial charge in [-0.25, -0.2) is 4.79 Å². The van der Waals surface area contributed by atoms with E-state index in [1.807, 2.05) is 66.1 Å². The maximum Gasteiger partial charge on any atom is 0.334 e. The number of benzene rings is 2. The van der Waals surface area contributed by atoms with E-state index in [1.165, 1.54) is 18.7 Å². The van der Waals surface area contributed by atoms with Gasteiger partial charge in [0.15, 0.2) is 11.0 Å². The van der Waals surface area contributed by atoms with Crippen LogP contribution in [-0.4, -0.2) is 50.9 Å². The number of esters is 1. The van der Waals surface area contributed by atoms with E-state index < -0.39 is 12.1 Å². The molecule has 1 N–H and O–H groups in total. The summed E-state index contributed by atoms with van der Waals surface area (Å²) in [6.45, 7) is 4.10. The van der Waals surface area contributed by atoms with Crippen molar-refractivity contribution >= 4 is 17.7 Å². The van der Waals surface area contributed by atoms with Crippen LogP contribution in [-0.2, 0) is 9.53 Å². The van der Waals surface area contributed by atoms with Crippen LogP contribution in [0.3, 0.4) is 0 Å². The first-order valence-corrected chi connectivity index (χ1v) is 10.3. The Bertz CT molecular complexity index is 927. The summed E-state index contributed by atoms with van der Waals surface area (Å²) in [7, 11) is 0. The van der Waals surface area contributed by atoms with E-state index in [-0.39, 0.29) is 6.61 Å². The number of aromatic nitrogens is 3. The fourth-order valence-corrected chi connectivity index (χ4v) is 3.39. The number of thioether (sulfide) groups is 1. The first-order chi connectivity index (χ1) is 14.1. The van der Waals surface area contributed by atoms with Crippen molar-refractivity contribution in [2.24, 2.45) is 0 Å². The lowest BCUT2D eigenvalue weighted by atomic mass is 10.2. The van der Waals surface area contributed by atoms with Crippen LogP contribution in [0, 0.1) is 0 Å². The predicted molar refractivity (Wildman–Crippen MR) is 111 cm³/mol. The highest BCUT2D eigenvalue weighted by Gasteiger charge is 2.17. The van der Waals surface area contributed by atoms with Crippen LogP contribution in [0.5, 0.6) is 5.75 Å². The lowest BCUT2D eigenvalue weighted by Gasteiger charge is -2.12.